The number of sulfonamides is 1. The van der Waals surface area contributed by atoms with E-state index in [0.29, 0.717) is 49.7 Å². The summed E-state index contributed by atoms with van der Waals surface area (Å²) >= 11 is 0. The van der Waals surface area contributed by atoms with E-state index >= 15 is 0 Å². The molecule has 5 rings (SSSR count). The molecule has 31 heavy (non-hydrogen) atoms. The third-order valence-corrected chi connectivity index (χ3v) is 7.88. The summed E-state index contributed by atoms with van der Waals surface area (Å²) in [4.78, 5) is 12.3. The minimum absolute atomic E-state index is 0.243. The largest absolute Gasteiger partial charge is 0.499 e. The average molecular weight is 447 g/mol. The van der Waals surface area contributed by atoms with Gasteiger partial charge in [0, 0.05) is 31.7 Å². The van der Waals surface area contributed by atoms with E-state index in [1.807, 2.05) is 12.3 Å². The second kappa shape index (κ2) is 8.13. The molecule has 0 aromatic carbocycles. The molecule has 3 heterocycles. The minimum Gasteiger partial charge on any atom is -0.499 e. The monoisotopic (exact) mass is 446 g/mol. The molecule has 1 unspecified atom stereocenters. The Bertz CT molecular complexity index is 1130. The molecule has 0 spiro atoms. The van der Waals surface area contributed by atoms with E-state index in [0.717, 1.165) is 29.7 Å². The van der Waals surface area contributed by atoms with Crippen molar-refractivity contribution in [2.45, 2.75) is 30.6 Å². The van der Waals surface area contributed by atoms with Crippen LogP contribution in [0.2, 0.25) is 0 Å². The highest BCUT2D eigenvalue weighted by Crippen LogP contribution is 2.30. The second-order valence-electron chi connectivity index (χ2n) is 7.88. The number of aromatic amines is 1. The molecular weight excluding hydrogens is 420 g/mol. The number of nitrogens with one attached hydrogen (secondary N) is 3. The van der Waals surface area contributed by atoms with Gasteiger partial charge in [-0.25, -0.2) is 8.42 Å². The van der Waals surface area contributed by atoms with E-state index in [9.17, 15) is 8.42 Å². The van der Waals surface area contributed by atoms with Gasteiger partial charge in [-0.15, -0.1) is 0 Å². The highest BCUT2D eigenvalue weighted by Gasteiger charge is 2.34. The molecular formula is C20H26N6O4S. The van der Waals surface area contributed by atoms with Crippen molar-refractivity contribution in [3.8, 4) is 0 Å². The molecule has 2 fully saturated rings. The molecule has 3 N–H and O–H groups in total. The van der Waals surface area contributed by atoms with Gasteiger partial charge in [0.15, 0.2) is 0 Å². The van der Waals surface area contributed by atoms with E-state index in [2.05, 4.69) is 25.6 Å². The number of hydrogen-bond donors (Lipinski definition) is 3. The van der Waals surface area contributed by atoms with Crippen molar-refractivity contribution >= 4 is 32.8 Å². The fraction of sp³-hybridized carbons (Fsp3) is 0.500. The van der Waals surface area contributed by atoms with Crippen molar-refractivity contribution < 1.29 is 17.9 Å². The van der Waals surface area contributed by atoms with E-state index in [1.165, 1.54) is 4.31 Å². The van der Waals surface area contributed by atoms with Crippen LogP contribution in [0.1, 0.15) is 19.3 Å². The molecule has 2 aliphatic carbocycles. The Morgan fingerprint density at radius 1 is 1.26 bits per heavy atom. The van der Waals surface area contributed by atoms with Crippen LogP contribution in [0.5, 0.6) is 0 Å². The van der Waals surface area contributed by atoms with Gasteiger partial charge in [0.1, 0.15) is 22.5 Å². The summed E-state index contributed by atoms with van der Waals surface area (Å²) in [5, 5.41) is 6.91. The van der Waals surface area contributed by atoms with Gasteiger partial charge < -0.3 is 25.1 Å². The number of H-pyrrole nitrogens is 1. The van der Waals surface area contributed by atoms with Crippen LogP contribution in [0.4, 0.5) is 11.8 Å². The van der Waals surface area contributed by atoms with Crippen LogP contribution in [0.15, 0.2) is 35.9 Å². The molecule has 1 aliphatic heterocycles. The zero-order valence-corrected chi connectivity index (χ0v) is 18.1. The summed E-state index contributed by atoms with van der Waals surface area (Å²) in [5.74, 6) is 1.75. The van der Waals surface area contributed by atoms with Crippen molar-refractivity contribution in [1.29, 1.82) is 0 Å². The third kappa shape index (κ3) is 4.12. The molecule has 0 radical (unpaired) electrons. The van der Waals surface area contributed by atoms with Crippen LogP contribution in [0.3, 0.4) is 0 Å². The number of aromatic nitrogens is 3. The first-order valence-corrected chi connectivity index (χ1v) is 12.0. The standard InChI is InChI=1S/C20H26N6O4S/c1-29-17-12-14(31(27,28)26-8-10-30-11-9-26)4-5-16(17)23-20-24-18-15(6-7-21-18)19(25-20)22-13-2-3-13/h4-7,13-14H,2-3,8-12H2,1H3,(H3,21,22,23,24,25). The summed E-state index contributed by atoms with van der Waals surface area (Å²) in [7, 11) is -1.94. The van der Waals surface area contributed by atoms with E-state index in [4.69, 9.17) is 9.47 Å². The first-order valence-electron chi connectivity index (χ1n) is 10.5. The Hall–Kier alpha value is -2.63. The van der Waals surface area contributed by atoms with Gasteiger partial charge in [-0.05, 0) is 25.0 Å². The Morgan fingerprint density at radius 2 is 2.06 bits per heavy atom. The third-order valence-electron chi connectivity index (χ3n) is 5.70. The van der Waals surface area contributed by atoms with Crippen molar-refractivity contribution in [2.75, 3.05) is 44.0 Å². The SMILES string of the molecule is COC1=C(Nc2nc(NC3CC3)c3cc[nH]c3n2)C=CC(S(=O)(=O)N2CCOCC2)C1. The Kier molecular flexibility index (Phi) is 5.32. The average Bonchev–Trinajstić information content (AvgIpc) is 3.47. The molecule has 0 bridgehead atoms. The number of morpholine rings is 1. The predicted octanol–water partition coefficient (Wildman–Crippen LogP) is 1.79. The molecule has 1 saturated carbocycles. The highest BCUT2D eigenvalue weighted by molar-refractivity contribution is 7.89. The van der Waals surface area contributed by atoms with Gasteiger partial charge in [0.05, 0.1) is 31.4 Å². The van der Waals surface area contributed by atoms with Gasteiger partial charge in [-0.3, -0.25) is 0 Å². The van der Waals surface area contributed by atoms with Gasteiger partial charge in [0.25, 0.3) is 0 Å². The Labute approximate surface area is 180 Å². The number of hydrogen-bond acceptors (Lipinski definition) is 8. The molecule has 1 saturated heterocycles. The second-order valence-corrected chi connectivity index (χ2v) is 10.0. The highest BCUT2D eigenvalue weighted by atomic mass is 32.2. The van der Waals surface area contributed by atoms with Crippen LogP contribution in [-0.4, -0.2) is 72.4 Å². The van der Waals surface area contributed by atoms with E-state index < -0.39 is 15.3 Å². The Balaban J connectivity index is 1.37. The van der Waals surface area contributed by atoms with Crippen LogP contribution < -0.4 is 10.6 Å². The fourth-order valence-electron chi connectivity index (χ4n) is 3.81. The van der Waals surface area contributed by atoms with Crippen molar-refractivity contribution in [1.82, 2.24) is 19.3 Å². The smallest absolute Gasteiger partial charge is 0.231 e. The fourth-order valence-corrected chi connectivity index (χ4v) is 5.49. The maximum absolute atomic E-state index is 13.0. The lowest BCUT2D eigenvalue weighted by Crippen LogP contribution is -2.45. The van der Waals surface area contributed by atoms with Gasteiger partial charge >= 0.3 is 0 Å². The molecule has 0 amide bonds. The van der Waals surface area contributed by atoms with E-state index in [1.54, 1.807) is 19.3 Å². The van der Waals surface area contributed by atoms with Crippen molar-refractivity contribution in [2.24, 2.45) is 0 Å². The summed E-state index contributed by atoms with van der Waals surface area (Å²) in [6, 6.07) is 2.40. The molecule has 166 valence electrons. The molecule has 3 aliphatic rings. The first-order chi connectivity index (χ1) is 15.0. The van der Waals surface area contributed by atoms with E-state index in [-0.39, 0.29) is 6.42 Å². The molecule has 2 aromatic rings. The molecule has 11 heteroatoms. The number of methoxy groups -OCH3 is 1. The molecule has 1 atom stereocenters. The first kappa shape index (κ1) is 20.3. The zero-order chi connectivity index (χ0) is 21.4. The van der Waals surface area contributed by atoms with Gasteiger partial charge in [-0.2, -0.15) is 14.3 Å². The van der Waals surface area contributed by atoms with Crippen LogP contribution in [0.25, 0.3) is 11.0 Å². The summed E-state index contributed by atoms with van der Waals surface area (Å²) < 4.78 is 38.4. The topological polar surface area (TPSA) is 121 Å². The summed E-state index contributed by atoms with van der Waals surface area (Å²) in [6.45, 7) is 1.60. The molecule has 2 aromatic heterocycles. The maximum Gasteiger partial charge on any atom is 0.231 e. The number of allylic oxidation sites excluding steroid dienone is 2. The summed E-state index contributed by atoms with van der Waals surface area (Å²) in [6.07, 6.45) is 7.79. The Morgan fingerprint density at radius 3 is 2.81 bits per heavy atom. The lowest BCUT2D eigenvalue weighted by atomic mass is 10.1. The van der Waals surface area contributed by atoms with Crippen LogP contribution in [-0.2, 0) is 19.5 Å². The van der Waals surface area contributed by atoms with Crippen LogP contribution >= 0.6 is 0 Å². The van der Waals surface area contributed by atoms with Crippen molar-refractivity contribution in [3.63, 3.8) is 0 Å². The normalized spacial score (nSPS) is 22.7. The minimum atomic E-state index is -3.48. The zero-order valence-electron chi connectivity index (χ0n) is 17.3. The number of rotatable bonds is 7. The van der Waals surface area contributed by atoms with Crippen molar-refractivity contribution in [3.05, 3.63) is 35.9 Å². The van der Waals surface area contributed by atoms with Crippen LogP contribution in [0, 0.1) is 0 Å². The maximum atomic E-state index is 13.0. The number of anilines is 2. The van der Waals surface area contributed by atoms with Gasteiger partial charge in [-0.1, -0.05) is 6.08 Å². The number of fused-ring (bicyclic) bond motifs is 1. The quantitative estimate of drug-likeness (QED) is 0.589. The predicted molar refractivity (Wildman–Crippen MR) is 117 cm³/mol. The number of ether oxygens (including phenoxy) is 2. The lowest BCUT2D eigenvalue weighted by molar-refractivity contribution is 0.0727. The molecule has 10 nitrogen and oxygen atoms in total. The lowest BCUT2D eigenvalue weighted by Gasteiger charge is -2.30. The number of nitrogens with zero attached hydrogens (tertiary/aromatic N) is 3. The summed E-state index contributed by atoms with van der Waals surface area (Å²) in [5.41, 5.74) is 1.38. The van der Waals surface area contributed by atoms with Gasteiger partial charge in [0.2, 0.25) is 16.0 Å².